The van der Waals surface area contributed by atoms with Gasteiger partial charge in [0.2, 0.25) is 0 Å². The fourth-order valence-corrected chi connectivity index (χ4v) is 4.29. The van der Waals surface area contributed by atoms with E-state index >= 15 is 0 Å². The van der Waals surface area contributed by atoms with Crippen LogP contribution in [0.25, 0.3) is 10.9 Å². The SMILES string of the molecule is CCOc1ccc2[nH]c(=O)c(CN(Cc3ccco3)[C@@H](CC)c3nnnn3C(C)(C)CC)cc2c1. The Hall–Kier alpha value is -3.46. The van der Waals surface area contributed by atoms with Gasteiger partial charge in [0.25, 0.3) is 5.56 Å². The zero-order valence-electron chi connectivity index (χ0n) is 21.1. The summed E-state index contributed by atoms with van der Waals surface area (Å²) >= 11 is 0. The normalized spacial score (nSPS) is 13.0. The Labute approximate surface area is 205 Å². The molecule has 1 atom stereocenters. The second-order valence-electron chi connectivity index (χ2n) is 9.33. The molecule has 0 aliphatic carbocycles. The average molecular weight is 479 g/mol. The second kappa shape index (κ2) is 10.4. The number of pyridine rings is 1. The van der Waals surface area contributed by atoms with E-state index in [1.807, 2.05) is 48.0 Å². The van der Waals surface area contributed by atoms with Crippen LogP contribution in [0.3, 0.4) is 0 Å². The maximum absolute atomic E-state index is 13.1. The van der Waals surface area contributed by atoms with E-state index in [0.29, 0.717) is 25.3 Å². The van der Waals surface area contributed by atoms with E-state index in [0.717, 1.165) is 41.1 Å². The van der Waals surface area contributed by atoms with Gasteiger partial charge in [0.15, 0.2) is 5.82 Å². The lowest BCUT2D eigenvalue weighted by Crippen LogP contribution is -2.36. The highest BCUT2D eigenvalue weighted by Gasteiger charge is 2.31. The van der Waals surface area contributed by atoms with Gasteiger partial charge in [-0.2, -0.15) is 0 Å². The number of benzene rings is 1. The summed E-state index contributed by atoms with van der Waals surface area (Å²) in [7, 11) is 0. The van der Waals surface area contributed by atoms with E-state index in [1.54, 1.807) is 6.26 Å². The van der Waals surface area contributed by atoms with Crippen molar-refractivity contribution in [3.8, 4) is 5.75 Å². The number of hydrogen-bond donors (Lipinski definition) is 1. The Kier molecular flexibility index (Phi) is 7.35. The molecule has 186 valence electrons. The topological polar surface area (TPSA) is 102 Å². The van der Waals surface area contributed by atoms with Gasteiger partial charge < -0.3 is 14.1 Å². The molecule has 0 saturated heterocycles. The van der Waals surface area contributed by atoms with Gasteiger partial charge in [-0.25, -0.2) is 4.68 Å². The number of H-pyrrole nitrogens is 1. The monoisotopic (exact) mass is 478 g/mol. The number of rotatable bonds is 11. The molecule has 4 rings (SSSR count). The summed E-state index contributed by atoms with van der Waals surface area (Å²) in [5.41, 5.74) is 1.08. The summed E-state index contributed by atoms with van der Waals surface area (Å²) in [4.78, 5) is 18.3. The van der Waals surface area contributed by atoms with Crippen LogP contribution in [0.5, 0.6) is 5.75 Å². The fourth-order valence-electron chi connectivity index (χ4n) is 4.29. The van der Waals surface area contributed by atoms with E-state index in [2.05, 4.69) is 53.1 Å². The lowest BCUT2D eigenvalue weighted by Gasteiger charge is -2.32. The third-order valence-corrected chi connectivity index (χ3v) is 6.57. The Morgan fingerprint density at radius 3 is 2.69 bits per heavy atom. The third kappa shape index (κ3) is 5.30. The van der Waals surface area contributed by atoms with Crippen molar-refractivity contribution in [3.05, 3.63) is 70.2 Å². The first-order valence-electron chi connectivity index (χ1n) is 12.2. The van der Waals surface area contributed by atoms with Crippen LogP contribution in [0.1, 0.15) is 70.7 Å². The lowest BCUT2D eigenvalue weighted by atomic mass is 10.0. The van der Waals surface area contributed by atoms with Gasteiger partial charge in [-0.1, -0.05) is 13.8 Å². The molecule has 0 saturated carbocycles. The number of furan rings is 1. The largest absolute Gasteiger partial charge is 0.494 e. The number of aromatic nitrogens is 5. The molecule has 3 aromatic heterocycles. The van der Waals surface area contributed by atoms with E-state index < -0.39 is 0 Å². The second-order valence-corrected chi connectivity index (χ2v) is 9.33. The minimum absolute atomic E-state index is 0.116. The van der Waals surface area contributed by atoms with Crippen molar-refractivity contribution in [3.63, 3.8) is 0 Å². The Balaban J connectivity index is 1.75. The summed E-state index contributed by atoms with van der Waals surface area (Å²) in [6.45, 7) is 11.9. The van der Waals surface area contributed by atoms with Crippen molar-refractivity contribution in [1.82, 2.24) is 30.1 Å². The predicted octanol–water partition coefficient (Wildman–Crippen LogP) is 4.80. The van der Waals surface area contributed by atoms with Crippen molar-refractivity contribution in [2.75, 3.05) is 6.61 Å². The highest BCUT2D eigenvalue weighted by molar-refractivity contribution is 5.80. The maximum Gasteiger partial charge on any atom is 0.252 e. The molecule has 0 unspecified atom stereocenters. The van der Waals surface area contributed by atoms with E-state index in [-0.39, 0.29) is 17.1 Å². The van der Waals surface area contributed by atoms with E-state index in [1.165, 1.54) is 0 Å². The Morgan fingerprint density at radius 2 is 2.00 bits per heavy atom. The summed E-state index contributed by atoms with van der Waals surface area (Å²) in [6, 6.07) is 11.3. The van der Waals surface area contributed by atoms with Gasteiger partial charge >= 0.3 is 0 Å². The smallest absolute Gasteiger partial charge is 0.252 e. The van der Waals surface area contributed by atoms with Crippen LogP contribution in [0.4, 0.5) is 0 Å². The van der Waals surface area contributed by atoms with Crippen LogP contribution in [0.2, 0.25) is 0 Å². The van der Waals surface area contributed by atoms with Crippen molar-refractivity contribution >= 4 is 10.9 Å². The van der Waals surface area contributed by atoms with Crippen LogP contribution in [-0.2, 0) is 18.6 Å². The predicted molar refractivity (Wildman–Crippen MR) is 134 cm³/mol. The molecule has 0 amide bonds. The molecule has 0 bridgehead atoms. The molecule has 35 heavy (non-hydrogen) atoms. The number of nitrogens with zero attached hydrogens (tertiary/aromatic N) is 5. The number of nitrogens with one attached hydrogen (secondary N) is 1. The van der Waals surface area contributed by atoms with Gasteiger partial charge in [0.1, 0.15) is 11.5 Å². The molecule has 9 nitrogen and oxygen atoms in total. The van der Waals surface area contributed by atoms with Gasteiger partial charge in [-0.3, -0.25) is 9.69 Å². The molecule has 0 aliphatic heterocycles. The number of fused-ring (bicyclic) bond motifs is 1. The molecule has 0 fully saturated rings. The number of tetrazole rings is 1. The van der Waals surface area contributed by atoms with Crippen LogP contribution >= 0.6 is 0 Å². The number of ether oxygens (including phenoxy) is 1. The standard InChI is InChI=1S/C26H34N6O3/c1-6-23(24-28-29-30-32(24)26(4,5)7-2)31(17-21-10-9-13-35-21)16-19-14-18-15-20(34-8-3)11-12-22(18)27-25(19)33/h9-15,23H,6-8,16-17H2,1-5H3,(H,27,33)/t23-/m0/s1. The third-order valence-electron chi connectivity index (χ3n) is 6.57. The molecule has 1 N–H and O–H groups in total. The van der Waals surface area contributed by atoms with Crippen LogP contribution in [0.15, 0.2) is 51.9 Å². The quantitative estimate of drug-likeness (QED) is 0.330. The van der Waals surface area contributed by atoms with Crippen molar-refractivity contribution in [2.45, 2.75) is 72.1 Å². The van der Waals surface area contributed by atoms with Gasteiger partial charge in [0, 0.05) is 23.0 Å². The molecule has 9 heteroatoms. The first-order chi connectivity index (χ1) is 16.9. The minimum Gasteiger partial charge on any atom is -0.494 e. The molecule has 0 aliphatic rings. The summed E-state index contributed by atoms with van der Waals surface area (Å²) in [5.74, 6) is 2.37. The Morgan fingerprint density at radius 1 is 1.17 bits per heavy atom. The average Bonchev–Trinajstić information content (AvgIpc) is 3.53. The first kappa shape index (κ1) is 24.7. The summed E-state index contributed by atoms with van der Waals surface area (Å²) < 4.78 is 13.2. The van der Waals surface area contributed by atoms with Crippen molar-refractivity contribution in [2.24, 2.45) is 0 Å². The zero-order valence-corrected chi connectivity index (χ0v) is 21.1. The number of aromatic amines is 1. The molecule has 0 radical (unpaired) electrons. The molecular formula is C26H34N6O3. The number of hydrogen-bond acceptors (Lipinski definition) is 7. The minimum atomic E-state index is -0.237. The van der Waals surface area contributed by atoms with Crippen LogP contribution < -0.4 is 10.3 Å². The van der Waals surface area contributed by atoms with E-state index in [4.69, 9.17) is 9.15 Å². The van der Waals surface area contributed by atoms with Crippen LogP contribution in [-0.4, -0.2) is 36.7 Å². The van der Waals surface area contributed by atoms with Gasteiger partial charge in [-0.05, 0) is 80.4 Å². The van der Waals surface area contributed by atoms with Crippen molar-refractivity contribution in [1.29, 1.82) is 0 Å². The van der Waals surface area contributed by atoms with Gasteiger partial charge in [-0.15, -0.1) is 5.10 Å². The molecular weight excluding hydrogens is 444 g/mol. The lowest BCUT2D eigenvalue weighted by molar-refractivity contribution is 0.140. The highest BCUT2D eigenvalue weighted by Crippen LogP contribution is 2.30. The molecule has 0 spiro atoms. The first-order valence-corrected chi connectivity index (χ1v) is 12.2. The summed E-state index contributed by atoms with van der Waals surface area (Å²) in [5, 5.41) is 13.7. The zero-order chi connectivity index (χ0) is 25.0. The molecule has 4 aromatic rings. The van der Waals surface area contributed by atoms with Crippen LogP contribution in [0, 0.1) is 0 Å². The molecule has 1 aromatic carbocycles. The maximum atomic E-state index is 13.1. The Bertz CT molecular complexity index is 1310. The van der Waals surface area contributed by atoms with Gasteiger partial charge in [0.05, 0.1) is 31.0 Å². The highest BCUT2D eigenvalue weighted by atomic mass is 16.5. The van der Waals surface area contributed by atoms with E-state index in [9.17, 15) is 4.79 Å². The molecule has 3 heterocycles. The van der Waals surface area contributed by atoms with Crippen molar-refractivity contribution < 1.29 is 9.15 Å². The fraction of sp³-hybridized carbons (Fsp3) is 0.462. The summed E-state index contributed by atoms with van der Waals surface area (Å²) in [6.07, 6.45) is 3.31.